The Bertz CT molecular complexity index is 221. The van der Waals surface area contributed by atoms with Gasteiger partial charge in [0.15, 0.2) is 0 Å². The summed E-state index contributed by atoms with van der Waals surface area (Å²) < 4.78 is 24.9. The molecule has 0 aromatic carbocycles. The van der Waals surface area contributed by atoms with Gasteiger partial charge in [-0.2, -0.15) is 8.78 Å². The number of rotatable bonds is 3. The number of alkyl halides is 2. The minimum absolute atomic E-state index is 0.336. The molecule has 0 aliphatic heterocycles. The normalized spacial score (nSPS) is 10.9. The zero-order chi connectivity index (χ0) is 8.27. The van der Waals surface area contributed by atoms with E-state index in [9.17, 15) is 8.78 Å². The highest BCUT2D eigenvalue weighted by Crippen LogP contribution is 2.11. The van der Waals surface area contributed by atoms with E-state index in [0.29, 0.717) is 18.8 Å². The molecule has 0 unspecified atom stereocenters. The van der Waals surface area contributed by atoms with Crippen LogP contribution in [-0.4, -0.2) is 16.1 Å². The van der Waals surface area contributed by atoms with E-state index in [1.54, 1.807) is 0 Å². The van der Waals surface area contributed by atoms with Gasteiger partial charge in [-0.1, -0.05) is 0 Å². The molecule has 0 aliphatic rings. The Morgan fingerprint density at radius 3 is 2.91 bits per heavy atom. The number of hydrogen-bond donors (Lipinski definition) is 1. The number of nitrogens with two attached hydrogens (primary N) is 1. The van der Waals surface area contributed by atoms with E-state index in [0.717, 1.165) is 4.57 Å². The molecule has 1 aromatic rings. The van der Waals surface area contributed by atoms with E-state index < -0.39 is 6.55 Å². The topological polar surface area (TPSA) is 43.8 Å². The quantitative estimate of drug-likeness (QED) is 0.711. The smallest absolute Gasteiger partial charge is 0.319 e. The Balaban J connectivity index is 2.78. The molecular formula is C6H9F2N3. The lowest BCUT2D eigenvalue weighted by molar-refractivity contribution is 0.0671. The van der Waals surface area contributed by atoms with Crippen molar-refractivity contribution in [1.29, 1.82) is 0 Å². The second-order valence-corrected chi connectivity index (χ2v) is 2.07. The first-order valence-electron chi connectivity index (χ1n) is 3.25. The van der Waals surface area contributed by atoms with Crippen molar-refractivity contribution in [3.63, 3.8) is 0 Å². The molecular weight excluding hydrogens is 152 g/mol. The maximum Gasteiger partial charge on any atom is 0.319 e. The van der Waals surface area contributed by atoms with Crippen LogP contribution in [0.25, 0.3) is 0 Å². The molecule has 62 valence electrons. The second-order valence-electron chi connectivity index (χ2n) is 2.07. The average molecular weight is 161 g/mol. The molecule has 0 bridgehead atoms. The first-order valence-corrected chi connectivity index (χ1v) is 3.25. The van der Waals surface area contributed by atoms with Gasteiger partial charge >= 0.3 is 6.55 Å². The van der Waals surface area contributed by atoms with E-state index in [-0.39, 0.29) is 0 Å². The SMILES string of the molecule is NCCc1nccn1C(F)F. The van der Waals surface area contributed by atoms with Crippen molar-refractivity contribution in [3.05, 3.63) is 18.2 Å². The second kappa shape index (κ2) is 3.43. The molecule has 1 aromatic heterocycles. The van der Waals surface area contributed by atoms with Crippen molar-refractivity contribution in [3.8, 4) is 0 Å². The minimum Gasteiger partial charge on any atom is -0.330 e. The molecule has 3 nitrogen and oxygen atoms in total. The van der Waals surface area contributed by atoms with Gasteiger partial charge in [0.1, 0.15) is 5.82 Å². The summed E-state index contributed by atoms with van der Waals surface area (Å²) in [4.78, 5) is 3.73. The largest absolute Gasteiger partial charge is 0.330 e. The lowest BCUT2D eigenvalue weighted by atomic mass is 10.4. The van der Waals surface area contributed by atoms with Crippen molar-refractivity contribution < 1.29 is 8.78 Å². The van der Waals surface area contributed by atoms with Gasteiger partial charge in [-0.3, -0.25) is 4.57 Å². The highest BCUT2D eigenvalue weighted by Gasteiger charge is 2.09. The monoisotopic (exact) mass is 161 g/mol. The Labute approximate surface area is 62.8 Å². The average Bonchev–Trinajstić information content (AvgIpc) is 2.36. The molecule has 0 radical (unpaired) electrons. The highest BCUT2D eigenvalue weighted by molar-refractivity contribution is 4.92. The van der Waals surface area contributed by atoms with E-state index in [4.69, 9.17) is 5.73 Å². The van der Waals surface area contributed by atoms with Crippen LogP contribution in [0.1, 0.15) is 12.4 Å². The third-order valence-electron chi connectivity index (χ3n) is 1.33. The standard InChI is InChI=1S/C6H9F2N3/c7-6(8)11-4-3-10-5(11)1-2-9/h3-4,6H,1-2,9H2. The summed E-state index contributed by atoms with van der Waals surface area (Å²) in [7, 11) is 0. The molecule has 0 aliphatic carbocycles. The summed E-state index contributed by atoms with van der Waals surface area (Å²) in [5.74, 6) is 0.336. The molecule has 0 saturated carbocycles. The Morgan fingerprint density at radius 1 is 1.64 bits per heavy atom. The van der Waals surface area contributed by atoms with E-state index in [1.807, 2.05) is 0 Å². The predicted molar refractivity (Wildman–Crippen MR) is 36.2 cm³/mol. The van der Waals surface area contributed by atoms with Crippen LogP contribution in [0.15, 0.2) is 12.4 Å². The lowest BCUT2D eigenvalue weighted by Gasteiger charge is -2.03. The van der Waals surface area contributed by atoms with Gasteiger partial charge in [0.2, 0.25) is 0 Å². The summed E-state index contributed by atoms with van der Waals surface area (Å²) in [6.07, 6.45) is 2.98. The fourth-order valence-corrected chi connectivity index (χ4v) is 0.844. The van der Waals surface area contributed by atoms with Crippen LogP contribution in [0.5, 0.6) is 0 Å². The minimum atomic E-state index is -2.51. The van der Waals surface area contributed by atoms with Crippen molar-refractivity contribution in [2.24, 2.45) is 5.73 Å². The maximum absolute atomic E-state index is 12.1. The number of nitrogens with zero attached hydrogens (tertiary/aromatic N) is 2. The molecule has 5 heteroatoms. The van der Waals surface area contributed by atoms with Crippen LogP contribution in [0.4, 0.5) is 8.78 Å². The molecule has 0 atom stereocenters. The summed E-state index contributed by atoms with van der Waals surface area (Å²) in [5, 5.41) is 0. The lowest BCUT2D eigenvalue weighted by Crippen LogP contribution is -2.10. The maximum atomic E-state index is 12.1. The van der Waals surface area contributed by atoms with Crippen molar-refractivity contribution in [1.82, 2.24) is 9.55 Å². The van der Waals surface area contributed by atoms with Crippen molar-refractivity contribution in [2.45, 2.75) is 13.0 Å². The molecule has 1 heterocycles. The van der Waals surface area contributed by atoms with E-state index in [2.05, 4.69) is 4.98 Å². The Morgan fingerprint density at radius 2 is 2.36 bits per heavy atom. The van der Waals surface area contributed by atoms with Crippen LogP contribution in [0, 0.1) is 0 Å². The van der Waals surface area contributed by atoms with Crippen LogP contribution >= 0.6 is 0 Å². The van der Waals surface area contributed by atoms with Gasteiger partial charge in [-0.15, -0.1) is 0 Å². The van der Waals surface area contributed by atoms with Crippen molar-refractivity contribution in [2.75, 3.05) is 6.54 Å². The summed E-state index contributed by atoms with van der Waals surface area (Å²) in [5.41, 5.74) is 5.19. The van der Waals surface area contributed by atoms with Gasteiger partial charge in [-0.25, -0.2) is 4.98 Å². The highest BCUT2D eigenvalue weighted by atomic mass is 19.3. The fraction of sp³-hybridized carbons (Fsp3) is 0.500. The molecule has 0 amide bonds. The molecule has 11 heavy (non-hydrogen) atoms. The molecule has 1 rings (SSSR count). The third-order valence-corrected chi connectivity index (χ3v) is 1.33. The molecule has 0 fully saturated rings. The summed E-state index contributed by atoms with van der Waals surface area (Å²) >= 11 is 0. The zero-order valence-electron chi connectivity index (χ0n) is 5.87. The Hall–Kier alpha value is -0.970. The van der Waals surface area contributed by atoms with Gasteiger partial charge in [0, 0.05) is 18.8 Å². The number of imidazole rings is 1. The van der Waals surface area contributed by atoms with Crippen molar-refractivity contribution >= 4 is 0 Å². The molecule has 2 N–H and O–H groups in total. The van der Waals surface area contributed by atoms with E-state index in [1.165, 1.54) is 12.4 Å². The predicted octanol–water partition coefficient (Wildman–Crippen LogP) is 0.779. The van der Waals surface area contributed by atoms with Gasteiger partial charge in [0.05, 0.1) is 0 Å². The number of hydrogen-bond acceptors (Lipinski definition) is 2. The summed E-state index contributed by atoms with van der Waals surface area (Å²) in [6, 6.07) is 0. The zero-order valence-corrected chi connectivity index (χ0v) is 5.87. The fourth-order valence-electron chi connectivity index (χ4n) is 0.844. The van der Waals surface area contributed by atoms with E-state index >= 15 is 0 Å². The van der Waals surface area contributed by atoms with Gasteiger partial charge in [-0.05, 0) is 6.54 Å². The molecule has 0 spiro atoms. The van der Waals surface area contributed by atoms with Crippen LogP contribution in [0.2, 0.25) is 0 Å². The number of aromatic nitrogens is 2. The molecule has 0 saturated heterocycles. The van der Waals surface area contributed by atoms with Crippen LogP contribution in [-0.2, 0) is 6.42 Å². The number of halogens is 2. The first-order chi connectivity index (χ1) is 5.25. The van der Waals surface area contributed by atoms with Gasteiger partial charge < -0.3 is 5.73 Å². The first kappa shape index (κ1) is 8.13. The van der Waals surface area contributed by atoms with Crippen LogP contribution < -0.4 is 5.73 Å². The van der Waals surface area contributed by atoms with Gasteiger partial charge in [0.25, 0.3) is 0 Å². The third kappa shape index (κ3) is 1.74. The summed E-state index contributed by atoms with van der Waals surface area (Å²) in [6.45, 7) is -2.18. The van der Waals surface area contributed by atoms with Crippen LogP contribution in [0.3, 0.4) is 0 Å². The Kier molecular flexibility index (Phi) is 2.53.